The van der Waals surface area contributed by atoms with Crippen LogP contribution in [0.5, 0.6) is 5.75 Å². The molecule has 0 spiro atoms. The van der Waals surface area contributed by atoms with Gasteiger partial charge >= 0.3 is 0 Å². The fraction of sp³-hybridized carbons (Fsp3) is 0.231. The summed E-state index contributed by atoms with van der Waals surface area (Å²) in [7, 11) is -2.10. The predicted molar refractivity (Wildman–Crippen MR) is 136 cm³/mol. The lowest BCUT2D eigenvalue weighted by Crippen LogP contribution is -2.31. The lowest BCUT2D eigenvalue weighted by Gasteiger charge is -2.20. The second-order valence-electron chi connectivity index (χ2n) is 7.86. The molecule has 6 nitrogen and oxygen atoms in total. The van der Waals surface area contributed by atoms with Crippen LogP contribution in [-0.4, -0.2) is 32.2 Å². The smallest absolute Gasteiger partial charge is 0.230 e. The first-order valence-electron chi connectivity index (χ1n) is 11.0. The Labute approximate surface area is 203 Å². The lowest BCUT2D eigenvalue weighted by molar-refractivity contribution is -0.118. The van der Waals surface area contributed by atoms with Gasteiger partial charge in [0, 0.05) is 6.42 Å². The van der Waals surface area contributed by atoms with Gasteiger partial charge in [-0.1, -0.05) is 54.7 Å². The number of anilines is 1. The van der Waals surface area contributed by atoms with Crippen LogP contribution in [0.2, 0.25) is 0 Å². The highest BCUT2D eigenvalue weighted by atomic mass is 32.2. The van der Waals surface area contributed by atoms with Crippen molar-refractivity contribution in [1.29, 1.82) is 0 Å². The topological polar surface area (TPSA) is 76.6 Å². The van der Waals surface area contributed by atoms with Crippen molar-refractivity contribution in [3.05, 3.63) is 83.9 Å². The van der Waals surface area contributed by atoms with Gasteiger partial charge in [-0.25, -0.2) is 13.4 Å². The summed E-state index contributed by atoms with van der Waals surface area (Å²) in [4.78, 5) is 19.8. The molecule has 0 atom stereocenters. The molecule has 0 unspecified atom stereocenters. The number of methoxy groups -OCH3 is 1. The Bertz CT molecular complexity index is 1380. The van der Waals surface area contributed by atoms with Crippen molar-refractivity contribution in [3.8, 4) is 5.75 Å². The summed E-state index contributed by atoms with van der Waals surface area (Å²) in [6.45, 7) is 2.42. The van der Waals surface area contributed by atoms with Gasteiger partial charge in [-0.15, -0.1) is 0 Å². The number of ether oxygens (including phenoxy) is 1. The zero-order chi connectivity index (χ0) is 24.1. The molecule has 8 heteroatoms. The third kappa shape index (κ3) is 5.46. The first-order chi connectivity index (χ1) is 16.4. The zero-order valence-corrected chi connectivity index (χ0v) is 20.7. The summed E-state index contributed by atoms with van der Waals surface area (Å²) < 4.78 is 31.8. The number of hydrogen-bond donors (Lipinski definition) is 0. The maximum absolute atomic E-state index is 13.3. The van der Waals surface area contributed by atoms with E-state index in [1.165, 1.54) is 36.1 Å². The molecule has 0 aliphatic carbocycles. The molecule has 34 heavy (non-hydrogen) atoms. The second kappa shape index (κ2) is 10.4. The number of thiazole rings is 1. The number of aromatic nitrogens is 1. The number of benzene rings is 3. The highest BCUT2D eigenvalue weighted by Gasteiger charge is 2.23. The average Bonchev–Trinajstić information content (AvgIpc) is 3.29. The Balaban J connectivity index is 1.58. The molecule has 4 rings (SSSR count). The number of amides is 1. The molecular formula is C26H26N2O4S2. The minimum absolute atomic E-state index is 0.142. The number of rotatable bonds is 9. The van der Waals surface area contributed by atoms with Gasteiger partial charge in [-0.3, -0.25) is 9.69 Å². The fourth-order valence-corrected chi connectivity index (χ4v) is 5.85. The van der Waals surface area contributed by atoms with Crippen molar-refractivity contribution < 1.29 is 17.9 Å². The number of hydrogen-bond acceptors (Lipinski definition) is 6. The van der Waals surface area contributed by atoms with E-state index in [1.807, 2.05) is 42.5 Å². The Hall–Kier alpha value is -3.23. The van der Waals surface area contributed by atoms with Gasteiger partial charge in [-0.2, -0.15) is 0 Å². The summed E-state index contributed by atoms with van der Waals surface area (Å²) in [6.07, 6.45) is 0.774. The van der Waals surface area contributed by atoms with E-state index < -0.39 is 9.84 Å². The molecular weight excluding hydrogens is 468 g/mol. The molecule has 1 amide bonds. The number of carbonyl (C=O) groups is 1. The van der Waals surface area contributed by atoms with Gasteiger partial charge in [-0.05, 0) is 53.9 Å². The van der Waals surface area contributed by atoms with Crippen LogP contribution in [0.1, 0.15) is 24.5 Å². The maximum atomic E-state index is 13.3. The van der Waals surface area contributed by atoms with Crippen LogP contribution >= 0.6 is 11.3 Å². The van der Waals surface area contributed by atoms with Crippen LogP contribution in [0.15, 0.2) is 77.7 Å². The van der Waals surface area contributed by atoms with Gasteiger partial charge in [0.2, 0.25) is 5.91 Å². The van der Waals surface area contributed by atoms with E-state index >= 15 is 0 Å². The number of carbonyl (C=O) groups excluding carboxylic acids is 1. The number of nitrogens with zero attached hydrogens (tertiary/aromatic N) is 2. The molecule has 0 saturated heterocycles. The Morgan fingerprint density at radius 2 is 1.74 bits per heavy atom. The van der Waals surface area contributed by atoms with Crippen molar-refractivity contribution in [2.75, 3.05) is 17.8 Å². The van der Waals surface area contributed by atoms with E-state index in [2.05, 4.69) is 18.0 Å². The van der Waals surface area contributed by atoms with Gasteiger partial charge in [0.15, 0.2) is 15.0 Å². The van der Waals surface area contributed by atoms with Crippen LogP contribution in [0.25, 0.3) is 10.2 Å². The van der Waals surface area contributed by atoms with Crippen LogP contribution < -0.4 is 9.64 Å². The summed E-state index contributed by atoms with van der Waals surface area (Å²) in [5.74, 6) is 0.00997. The zero-order valence-electron chi connectivity index (χ0n) is 19.1. The van der Waals surface area contributed by atoms with E-state index in [-0.39, 0.29) is 23.0 Å². The number of fused-ring (bicyclic) bond motifs is 1. The minimum atomic E-state index is -3.62. The predicted octanol–water partition coefficient (Wildman–Crippen LogP) is 5.26. The molecule has 1 heterocycles. The highest BCUT2D eigenvalue weighted by Crippen LogP contribution is 2.31. The van der Waals surface area contributed by atoms with E-state index in [9.17, 15) is 13.2 Å². The van der Waals surface area contributed by atoms with Crippen molar-refractivity contribution in [1.82, 2.24) is 4.98 Å². The molecule has 4 aromatic rings. The maximum Gasteiger partial charge on any atom is 0.230 e. The molecule has 0 N–H and O–H groups in total. The molecule has 0 aliphatic rings. The number of aryl methyl sites for hydroxylation is 1. The van der Waals surface area contributed by atoms with E-state index in [0.717, 1.165) is 22.2 Å². The van der Waals surface area contributed by atoms with Gasteiger partial charge in [0.05, 0.1) is 34.5 Å². The summed E-state index contributed by atoms with van der Waals surface area (Å²) in [5, 5.41) is 0.568. The molecule has 0 radical (unpaired) electrons. The Morgan fingerprint density at radius 1 is 1.00 bits per heavy atom. The molecule has 1 aromatic heterocycles. The highest BCUT2D eigenvalue weighted by molar-refractivity contribution is 7.91. The number of sulfone groups is 1. The van der Waals surface area contributed by atoms with Gasteiger partial charge in [0.1, 0.15) is 5.75 Å². The standard InChI is InChI=1S/C26H26N2O4S2/c1-3-19-9-14-23-24(17-19)33-26(27-23)28(18-20-7-5-4-6-8-20)25(29)15-16-34(30,31)22-12-10-21(32-2)11-13-22/h4-14,17H,3,15-16,18H2,1-2H3. The van der Waals surface area contributed by atoms with Crippen LogP contribution in [-0.2, 0) is 27.6 Å². The summed E-state index contributed by atoms with van der Waals surface area (Å²) >= 11 is 1.45. The van der Waals surface area contributed by atoms with E-state index in [1.54, 1.807) is 17.0 Å². The Kier molecular flexibility index (Phi) is 7.29. The van der Waals surface area contributed by atoms with Crippen molar-refractivity contribution >= 4 is 42.4 Å². The molecule has 0 saturated carbocycles. The molecule has 0 aliphatic heterocycles. The third-order valence-corrected chi connectivity index (χ3v) is 8.34. The molecule has 3 aromatic carbocycles. The molecule has 0 fully saturated rings. The van der Waals surface area contributed by atoms with E-state index in [0.29, 0.717) is 17.4 Å². The SMILES string of the molecule is CCc1ccc2nc(N(Cc3ccccc3)C(=O)CCS(=O)(=O)c3ccc(OC)cc3)sc2c1. The summed E-state index contributed by atoms with van der Waals surface area (Å²) in [6, 6.07) is 21.9. The Morgan fingerprint density at radius 3 is 2.41 bits per heavy atom. The van der Waals surface area contributed by atoms with Crippen molar-refractivity contribution in [3.63, 3.8) is 0 Å². The third-order valence-electron chi connectivity index (χ3n) is 5.57. The fourth-order valence-electron chi connectivity index (χ4n) is 3.58. The van der Waals surface area contributed by atoms with Crippen LogP contribution in [0.4, 0.5) is 5.13 Å². The minimum Gasteiger partial charge on any atom is -0.497 e. The van der Waals surface area contributed by atoms with Gasteiger partial charge < -0.3 is 4.74 Å². The van der Waals surface area contributed by atoms with Crippen molar-refractivity contribution in [2.24, 2.45) is 0 Å². The van der Waals surface area contributed by atoms with E-state index in [4.69, 9.17) is 4.74 Å². The van der Waals surface area contributed by atoms with Crippen molar-refractivity contribution in [2.45, 2.75) is 31.2 Å². The largest absolute Gasteiger partial charge is 0.497 e. The monoisotopic (exact) mass is 494 g/mol. The van der Waals surface area contributed by atoms with Crippen LogP contribution in [0, 0.1) is 0 Å². The molecule has 0 bridgehead atoms. The van der Waals surface area contributed by atoms with Gasteiger partial charge in [0.25, 0.3) is 0 Å². The quantitative estimate of drug-likeness (QED) is 0.317. The second-order valence-corrected chi connectivity index (χ2v) is 11.0. The lowest BCUT2D eigenvalue weighted by atomic mass is 10.2. The first-order valence-corrected chi connectivity index (χ1v) is 13.5. The average molecular weight is 495 g/mol. The van der Waals surface area contributed by atoms with Crippen LogP contribution in [0.3, 0.4) is 0 Å². The first kappa shape index (κ1) is 23.9. The molecule has 176 valence electrons. The normalized spacial score (nSPS) is 11.5. The summed E-state index contributed by atoms with van der Waals surface area (Å²) in [5.41, 5.74) is 2.98.